The Morgan fingerprint density at radius 1 is 1.33 bits per heavy atom. The Bertz CT molecular complexity index is 643. The highest BCUT2D eigenvalue weighted by Crippen LogP contribution is 2.37. The minimum Gasteiger partial charge on any atom is -0.302 e. The lowest BCUT2D eigenvalue weighted by atomic mass is 9.75. The molecule has 114 valence electrons. The summed E-state index contributed by atoms with van der Waals surface area (Å²) in [7, 11) is 2.00. The summed E-state index contributed by atoms with van der Waals surface area (Å²) in [5.41, 5.74) is 0.141. The van der Waals surface area contributed by atoms with Gasteiger partial charge in [0.2, 0.25) is 10.0 Å². The zero-order chi connectivity index (χ0) is 15.7. The average Bonchev–Trinajstić information content (AvgIpc) is 2.42. The molecule has 1 aromatic heterocycles. The van der Waals surface area contributed by atoms with Crippen LogP contribution in [0.3, 0.4) is 0 Å². The van der Waals surface area contributed by atoms with Crippen molar-refractivity contribution in [2.75, 3.05) is 27.7 Å². The molecule has 1 aliphatic carbocycles. The van der Waals surface area contributed by atoms with Gasteiger partial charge in [0.25, 0.3) is 0 Å². The van der Waals surface area contributed by atoms with E-state index in [1.54, 1.807) is 7.05 Å². The predicted octanol–water partition coefficient (Wildman–Crippen LogP) is 1.06. The third kappa shape index (κ3) is 2.93. The number of sulfonamides is 1. The molecule has 0 aromatic carbocycles. The van der Waals surface area contributed by atoms with E-state index >= 15 is 0 Å². The van der Waals surface area contributed by atoms with E-state index in [-0.39, 0.29) is 16.1 Å². The van der Waals surface area contributed by atoms with E-state index in [0.29, 0.717) is 6.54 Å². The molecule has 0 amide bonds. The smallest absolute Gasteiger partial charge is 0.244 e. The maximum Gasteiger partial charge on any atom is 0.244 e. The van der Waals surface area contributed by atoms with E-state index in [4.69, 9.17) is 5.26 Å². The maximum atomic E-state index is 12.6. The van der Waals surface area contributed by atoms with E-state index in [1.165, 1.54) is 22.6 Å². The fourth-order valence-electron chi connectivity index (χ4n) is 2.61. The fraction of sp³-hybridized carbons (Fsp3) is 0.571. The van der Waals surface area contributed by atoms with Crippen molar-refractivity contribution in [2.45, 2.75) is 29.7 Å². The second-order valence-electron chi connectivity index (χ2n) is 5.72. The molecule has 1 aromatic rings. The third-order valence-corrected chi connectivity index (χ3v) is 6.10. The normalized spacial score (nSPS) is 17.5. The van der Waals surface area contributed by atoms with E-state index in [2.05, 4.69) is 9.88 Å². The van der Waals surface area contributed by atoms with Crippen molar-refractivity contribution in [2.24, 2.45) is 0 Å². The molecule has 0 bridgehead atoms. The van der Waals surface area contributed by atoms with Gasteiger partial charge in [-0.25, -0.2) is 13.4 Å². The van der Waals surface area contributed by atoms with Crippen molar-refractivity contribution < 1.29 is 8.42 Å². The molecule has 6 nitrogen and oxygen atoms in total. The van der Waals surface area contributed by atoms with Crippen molar-refractivity contribution in [3.05, 3.63) is 24.0 Å². The first-order valence-electron chi connectivity index (χ1n) is 6.82. The maximum absolute atomic E-state index is 12.6. The first-order valence-corrected chi connectivity index (χ1v) is 8.26. The van der Waals surface area contributed by atoms with Gasteiger partial charge >= 0.3 is 0 Å². The Labute approximate surface area is 126 Å². The summed E-state index contributed by atoms with van der Waals surface area (Å²) in [4.78, 5) is 6.07. The van der Waals surface area contributed by atoms with Gasteiger partial charge in [0, 0.05) is 25.3 Å². The average molecular weight is 308 g/mol. The largest absolute Gasteiger partial charge is 0.302 e. The van der Waals surface area contributed by atoms with Crippen LogP contribution in [0.15, 0.2) is 23.2 Å². The first-order chi connectivity index (χ1) is 9.82. The van der Waals surface area contributed by atoms with E-state index < -0.39 is 10.0 Å². The summed E-state index contributed by atoms with van der Waals surface area (Å²) in [5, 5.41) is 8.72. The molecule has 21 heavy (non-hydrogen) atoms. The summed E-state index contributed by atoms with van der Waals surface area (Å²) in [6.07, 6.45) is 4.38. The molecule has 0 atom stereocenters. The van der Waals surface area contributed by atoms with Crippen molar-refractivity contribution >= 4 is 10.0 Å². The van der Waals surface area contributed by atoms with Crippen molar-refractivity contribution in [3.8, 4) is 6.07 Å². The molecular weight excluding hydrogens is 288 g/mol. The van der Waals surface area contributed by atoms with Crippen LogP contribution in [0.2, 0.25) is 0 Å². The quantitative estimate of drug-likeness (QED) is 0.813. The van der Waals surface area contributed by atoms with Crippen LogP contribution in [0.1, 0.15) is 25.0 Å². The van der Waals surface area contributed by atoms with Crippen LogP contribution in [0.25, 0.3) is 0 Å². The molecule has 1 heterocycles. The zero-order valence-electron chi connectivity index (χ0n) is 12.6. The number of aromatic nitrogens is 1. The summed E-state index contributed by atoms with van der Waals surface area (Å²) in [6.45, 7) is 0.461. The monoisotopic (exact) mass is 308 g/mol. The Balaban J connectivity index is 2.20. The number of rotatable bonds is 5. The molecule has 7 heteroatoms. The lowest BCUT2D eigenvalue weighted by molar-refractivity contribution is 0.0455. The molecule has 0 N–H and O–H groups in total. The van der Waals surface area contributed by atoms with Gasteiger partial charge < -0.3 is 4.90 Å². The minimum absolute atomic E-state index is 0.0676. The molecule has 0 saturated heterocycles. The molecule has 0 radical (unpaired) electrons. The van der Waals surface area contributed by atoms with Gasteiger partial charge in [-0.2, -0.15) is 9.57 Å². The number of hydrogen-bond acceptors (Lipinski definition) is 5. The lowest BCUT2D eigenvalue weighted by Crippen LogP contribution is -2.57. The van der Waals surface area contributed by atoms with Crippen LogP contribution < -0.4 is 0 Å². The second kappa shape index (κ2) is 5.72. The zero-order valence-corrected chi connectivity index (χ0v) is 13.4. The van der Waals surface area contributed by atoms with E-state index in [1.807, 2.05) is 20.2 Å². The molecule has 0 spiro atoms. The van der Waals surface area contributed by atoms with Crippen molar-refractivity contribution in [3.63, 3.8) is 0 Å². The van der Waals surface area contributed by atoms with Gasteiger partial charge in [0.1, 0.15) is 16.7 Å². The summed E-state index contributed by atoms with van der Waals surface area (Å²) in [5.74, 6) is 0. The van der Waals surface area contributed by atoms with Crippen molar-refractivity contribution in [1.29, 1.82) is 5.26 Å². The Morgan fingerprint density at radius 3 is 2.38 bits per heavy atom. The highest BCUT2D eigenvalue weighted by molar-refractivity contribution is 7.89. The molecular formula is C14H20N4O2S. The van der Waals surface area contributed by atoms with Crippen LogP contribution in [-0.4, -0.2) is 55.8 Å². The van der Waals surface area contributed by atoms with Gasteiger partial charge in [0.15, 0.2) is 0 Å². The molecule has 0 aliphatic heterocycles. The standard InChI is InChI=1S/C14H20N4O2S/c1-17(2)14(7-4-8-14)11-18(3)21(19,20)13-6-5-12(9-15)16-10-13/h5-6,10H,4,7-8,11H2,1-3H3. The number of pyridine rings is 1. The van der Waals surface area contributed by atoms with Gasteiger partial charge in [-0.3, -0.25) is 0 Å². The van der Waals surface area contributed by atoms with Crippen LogP contribution in [0, 0.1) is 11.3 Å². The summed E-state index contributed by atoms with van der Waals surface area (Å²) in [6, 6.07) is 4.73. The van der Waals surface area contributed by atoms with E-state index in [9.17, 15) is 8.42 Å². The molecule has 2 rings (SSSR count). The highest BCUT2D eigenvalue weighted by atomic mass is 32.2. The Hall–Kier alpha value is -1.49. The Kier molecular flexibility index (Phi) is 4.33. The van der Waals surface area contributed by atoms with Gasteiger partial charge in [-0.1, -0.05) is 0 Å². The van der Waals surface area contributed by atoms with Crippen molar-refractivity contribution in [1.82, 2.24) is 14.2 Å². The number of likely N-dealkylation sites (N-methyl/N-ethyl adjacent to an activating group) is 2. The van der Waals surface area contributed by atoms with Crippen LogP contribution in [0.4, 0.5) is 0 Å². The van der Waals surface area contributed by atoms with E-state index in [0.717, 1.165) is 19.3 Å². The summed E-state index contributed by atoms with van der Waals surface area (Å²) < 4.78 is 26.5. The molecule has 1 fully saturated rings. The fourth-order valence-corrected chi connectivity index (χ4v) is 3.81. The van der Waals surface area contributed by atoms with Gasteiger partial charge in [-0.05, 0) is 45.5 Å². The Morgan fingerprint density at radius 2 is 2.00 bits per heavy atom. The third-order valence-electron chi connectivity index (χ3n) is 4.31. The van der Waals surface area contributed by atoms with Crippen LogP contribution in [-0.2, 0) is 10.0 Å². The molecule has 1 aliphatic rings. The van der Waals surface area contributed by atoms with Gasteiger partial charge in [0.05, 0.1) is 0 Å². The first kappa shape index (κ1) is 15.9. The number of nitriles is 1. The highest BCUT2D eigenvalue weighted by Gasteiger charge is 2.42. The molecule has 0 unspecified atom stereocenters. The number of nitrogens with zero attached hydrogens (tertiary/aromatic N) is 4. The summed E-state index contributed by atoms with van der Waals surface area (Å²) >= 11 is 0. The molecule has 1 saturated carbocycles. The SMILES string of the molecule is CN(C)C1(CN(C)S(=O)(=O)c2ccc(C#N)nc2)CCC1. The predicted molar refractivity (Wildman–Crippen MR) is 79.0 cm³/mol. The minimum atomic E-state index is -3.57. The van der Waals surface area contributed by atoms with Gasteiger partial charge in [-0.15, -0.1) is 0 Å². The van der Waals surface area contributed by atoms with Crippen LogP contribution >= 0.6 is 0 Å². The topological polar surface area (TPSA) is 77.3 Å². The number of hydrogen-bond donors (Lipinski definition) is 0. The lowest BCUT2D eigenvalue weighted by Gasteiger charge is -2.48. The van der Waals surface area contributed by atoms with Crippen LogP contribution in [0.5, 0.6) is 0 Å². The second-order valence-corrected chi connectivity index (χ2v) is 7.77.